The maximum absolute atomic E-state index is 12.9. The number of thiophene rings is 2. The molecule has 6 aromatic rings. The predicted octanol–water partition coefficient (Wildman–Crippen LogP) is 10.1. The first kappa shape index (κ1) is 44.6. The molecule has 0 radical (unpaired) electrons. The van der Waals surface area contributed by atoms with E-state index in [4.69, 9.17) is 28.3 Å². The average molecular weight is 850 g/mol. The maximum atomic E-state index is 12.9. The second-order valence-corrected chi connectivity index (χ2v) is 18.6. The zero-order chi connectivity index (χ0) is 42.1. The van der Waals surface area contributed by atoms with Gasteiger partial charge in [-0.3, -0.25) is 24.3 Å². The summed E-state index contributed by atoms with van der Waals surface area (Å²) in [6.07, 6.45) is 6.18. The van der Waals surface area contributed by atoms with Gasteiger partial charge in [0.25, 0.3) is 17.0 Å². The van der Waals surface area contributed by atoms with Gasteiger partial charge >= 0.3 is 5.97 Å². The van der Waals surface area contributed by atoms with Crippen LogP contribution in [-0.2, 0) is 30.5 Å². The number of halogens is 2. The first-order valence-electron chi connectivity index (χ1n) is 17.9. The first-order valence-corrected chi connectivity index (χ1v) is 20.3. The summed E-state index contributed by atoms with van der Waals surface area (Å²) in [6.45, 7) is 17.8. The van der Waals surface area contributed by atoms with Gasteiger partial charge in [0.05, 0.1) is 25.5 Å². The van der Waals surface area contributed by atoms with E-state index in [1.165, 1.54) is 33.0 Å². The van der Waals surface area contributed by atoms with Gasteiger partial charge in [0.2, 0.25) is 0 Å². The summed E-state index contributed by atoms with van der Waals surface area (Å²) in [5, 5.41) is 20.0. The normalized spacial score (nSPS) is 11.2. The van der Waals surface area contributed by atoms with Crippen LogP contribution in [0.25, 0.3) is 34.9 Å². The van der Waals surface area contributed by atoms with Crippen LogP contribution in [0.5, 0.6) is 0 Å². The smallest absolute Gasteiger partial charge is 0.308 e. The largest absolute Gasteiger partial charge is 0.481 e. The maximum Gasteiger partial charge on any atom is 0.308 e. The zero-order valence-electron chi connectivity index (χ0n) is 32.7. The molecule has 6 aromatic heterocycles. The topological polar surface area (TPSA) is 167 Å². The number of carboxylic acid groups (broad SMARTS) is 1. The van der Waals surface area contributed by atoms with E-state index < -0.39 is 16.8 Å². The number of hydrogen-bond donors (Lipinski definition) is 4. The number of rotatable bonds is 10. The Morgan fingerprint density at radius 2 is 1.23 bits per heavy atom. The van der Waals surface area contributed by atoms with Gasteiger partial charge in [0.15, 0.2) is 0 Å². The minimum Gasteiger partial charge on any atom is -0.481 e. The summed E-state index contributed by atoms with van der Waals surface area (Å²) >= 11 is 15.1. The number of carbonyl (C=O) groups is 2. The zero-order valence-corrected chi connectivity index (χ0v) is 35.8. The minimum absolute atomic E-state index is 0.0944. The molecule has 0 aliphatic carbocycles. The molecule has 0 amide bonds. The highest BCUT2D eigenvalue weighted by molar-refractivity contribution is 7.16. The fraction of sp³-hybridized carbons (Fsp3) is 0.286. The molecule has 0 unspecified atom stereocenters. The monoisotopic (exact) mass is 848 g/mol. The molecule has 4 N–H and O–H groups in total. The fourth-order valence-corrected chi connectivity index (χ4v) is 7.10. The highest BCUT2D eigenvalue weighted by atomic mass is 35.5. The summed E-state index contributed by atoms with van der Waals surface area (Å²) in [6, 6.07) is 18.7. The Kier molecular flexibility index (Phi) is 15.2. The molecule has 0 atom stereocenters. The van der Waals surface area contributed by atoms with Crippen molar-refractivity contribution in [2.24, 2.45) is 10.8 Å². The number of nitrogens with one attached hydrogen (secondary N) is 3. The third kappa shape index (κ3) is 12.7. The van der Waals surface area contributed by atoms with Gasteiger partial charge in [0.1, 0.15) is 11.4 Å². The van der Waals surface area contributed by atoms with E-state index in [-0.39, 0.29) is 17.0 Å². The highest BCUT2D eigenvalue weighted by Crippen LogP contribution is 2.26. The number of aromatic amines is 3. The Hall–Kier alpha value is -5.08. The molecule has 0 aromatic carbocycles. The molecule has 11 nitrogen and oxygen atoms in total. The van der Waals surface area contributed by atoms with Crippen molar-refractivity contribution in [1.82, 2.24) is 29.9 Å². The molecule has 0 aliphatic heterocycles. The fourth-order valence-electron chi connectivity index (χ4n) is 4.92. The Bertz CT molecular complexity index is 2470. The average Bonchev–Trinajstić information content (AvgIpc) is 3.97. The van der Waals surface area contributed by atoms with Crippen molar-refractivity contribution in [3.8, 4) is 22.8 Å². The number of H-pyrrole nitrogens is 3. The molecule has 0 fully saturated rings. The third-order valence-corrected chi connectivity index (χ3v) is 10.9. The SMILES string of the molecule is C=Cc1ccc(-c2cc(CCc3ccc(Cl)s3)[nH]n2)[nH]c1=O.C=Cc1ccc(-c2cc(CCc3ccc(Cl)s3)n(C(=O)C(C)(C)C)n2)[nH]c1=O.CC(C)(C)C(=O)O. The van der Waals surface area contributed by atoms with E-state index in [0.29, 0.717) is 34.6 Å². The van der Waals surface area contributed by atoms with E-state index in [1.54, 1.807) is 50.3 Å². The van der Waals surface area contributed by atoms with Crippen molar-refractivity contribution < 1.29 is 14.7 Å². The molecule has 0 saturated heterocycles. The van der Waals surface area contributed by atoms with Gasteiger partial charge in [0, 0.05) is 37.7 Å². The van der Waals surface area contributed by atoms with Crippen molar-refractivity contribution in [3.05, 3.63) is 135 Å². The summed E-state index contributed by atoms with van der Waals surface area (Å²) in [7, 11) is 0. The van der Waals surface area contributed by atoms with Gasteiger partial charge in [-0.1, -0.05) is 69.3 Å². The lowest BCUT2D eigenvalue weighted by atomic mass is 9.95. The molecule has 57 heavy (non-hydrogen) atoms. The van der Waals surface area contributed by atoms with Crippen LogP contribution >= 0.6 is 45.9 Å². The summed E-state index contributed by atoms with van der Waals surface area (Å²) in [4.78, 5) is 54.8. The van der Waals surface area contributed by atoms with Crippen LogP contribution in [0.4, 0.5) is 0 Å². The number of aromatic nitrogens is 6. The van der Waals surface area contributed by atoms with Crippen LogP contribution in [-0.4, -0.2) is 46.9 Å². The van der Waals surface area contributed by atoms with Gasteiger partial charge in [-0.25, -0.2) is 4.68 Å². The quantitative estimate of drug-likeness (QED) is 0.106. The van der Waals surface area contributed by atoms with Crippen LogP contribution in [0.15, 0.2) is 83.4 Å². The lowest BCUT2D eigenvalue weighted by Gasteiger charge is -2.17. The highest BCUT2D eigenvalue weighted by Gasteiger charge is 2.27. The number of aryl methyl sites for hydroxylation is 4. The summed E-state index contributed by atoms with van der Waals surface area (Å²) < 4.78 is 3.01. The van der Waals surface area contributed by atoms with Crippen LogP contribution in [0.2, 0.25) is 8.67 Å². The lowest BCUT2D eigenvalue weighted by molar-refractivity contribution is -0.145. The Balaban J connectivity index is 0.000000221. The molecular weight excluding hydrogens is 804 g/mol. The van der Waals surface area contributed by atoms with Gasteiger partial charge in [-0.15, -0.1) is 22.7 Å². The Morgan fingerprint density at radius 1 is 0.737 bits per heavy atom. The minimum atomic E-state index is -0.757. The second-order valence-electron chi connectivity index (χ2n) is 15.0. The molecule has 15 heteroatoms. The van der Waals surface area contributed by atoms with E-state index in [1.807, 2.05) is 63.2 Å². The van der Waals surface area contributed by atoms with Crippen molar-refractivity contribution in [1.29, 1.82) is 0 Å². The molecule has 6 rings (SSSR count). The standard InChI is InChI=1S/C21H22ClN3O2S.C16H14ClN3OS.C5H10O2/c1-5-13-6-10-16(23-19(13)26)17-12-14(7-8-15-9-11-18(22)28-15)25(24-17)20(27)21(2,3)4;1-2-10-3-7-13(18-16(10)21)14-9-11(19-20-14)4-5-12-6-8-15(17)22-12;1-5(2,3)4(6)7/h5-6,9-12H,1,7-8H2,2-4H3,(H,23,26);2-3,6-9H,1,4-5H2,(H,18,21)(H,19,20);1-3H3,(H,6,7). The number of aliphatic carboxylic acids is 1. The predicted molar refractivity (Wildman–Crippen MR) is 234 cm³/mol. The van der Waals surface area contributed by atoms with Crippen LogP contribution in [0.3, 0.4) is 0 Å². The van der Waals surface area contributed by atoms with E-state index in [2.05, 4.69) is 38.4 Å². The molecule has 300 valence electrons. The number of pyridine rings is 2. The Morgan fingerprint density at radius 3 is 1.65 bits per heavy atom. The van der Waals surface area contributed by atoms with E-state index in [9.17, 15) is 19.2 Å². The van der Waals surface area contributed by atoms with Crippen LogP contribution in [0, 0.1) is 10.8 Å². The molecule has 0 spiro atoms. The number of carbonyl (C=O) groups excluding carboxylic acids is 1. The van der Waals surface area contributed by atoms with Gasteiger partial charge < -0.3 is 15.1 Å². The van der Waals surface area contributed by atoms with E-state index >= 15 is 0 Å². The van der Waals surface area contributed by atoms with Crippen LogP contribution in [0.1, 0.15) is 78.6 Å². The van der Waals surface area contributed by atoms with Crippen molar-refractivity contribution in [2.75, 3.05) is 0 Å². The third-order valence-electron chi connectivity index (χ3n) is 8.29. The molecule has 6 heterocycles. The van der Waals surface area contributed by atoms with Crippen molar-refractivity contribution in [3.63, 3.8) is 0 Å². The lowest BCUT2D eigenvalue weighted by Crippen LogP contribution is -2.29. The molecule has 0 saturated carbocycles. The summed E-state index contributed by atoms with van der Waals surface area (Å²) in [5.74, 6) is -0.851. The second kappa shape index (κ2) is 19.4. The molecule has 0 aliphatic rings. The van der Waals surface area contributed by atoms with Crippen LogP contribution < -0.4 is 11.1 Å². The molecule has 0 bridgehead atoms. The van der Waals surface area contributed by atoms with E-state index in [0.717, 1.165) is 49.9 Å². The Labute approximate surface area is 349 Å². The first-order chi connectivity index (χ1) is 26.8. The molecular formula is C42H46Cl2N6O5S2. The van der Waals surface area contributed by atoms with Crippen molar-refractivity contribution in [2.45, 2.75) is 67.2 Å². The van der Waals surface area contributed by atoms with Gasteiger partial charge in [-0.2, -0.15) is 10.2 Å². The van der Waals surface area contributed by atoms with Crippen molar-refractivity contribution >= 4 is 69.9 Å². The number of carboxylic acids is 1. The number of nitrogens with zero attached hydrogens (tertiary/aromatic N) is 3. The number of hydrogen-bond acceptors (Lipinski definition) is 8. The summed E-state index contributed by atoms with van der Waals surface area (Å²) in [5.41, 5.74) is 3.85. The van der Waals surface area contributed by atoms with Gasteiger partial charge in [-0.05, 0) is 107 Å².